The van der Waals surface area contributed by atoms with Gasteiger partial charge in [-0.05, 0) is 71.4 Å². The van der Waals surface area contributed by atoms with E-state index in [0.29, 0.717) is 17.5 Å². The van der Waals surface area contributed by atoms with Crippen molar-refractivity contribution in [1.29, 1.82) is 5.41 Å². The van der Waals surface area contributed by atoms with E-state index in [2.05, 4.69) is 10.1 Å². The highest BCUT2D eigenvalue weighted by atomic mass is 19.1. The first-order chi connectivity index (χ1) is 19.8. The Bertz CT molecular complexity index is 1390. The number of benzene rings is 3. The van der Waals surface area contributed by atoms with Gasteiger partial charge in [-0.15, -0.1) is 0 Å². The van der Waals surface area contributed by atoms with Crippen LogP contribution in [0.15, 0.2) is 66.7 Å². The normalized spacial score (nSPS) is 17.9. The molecule has 0 aliphatic heterocycles. The molecule has 3 aromatic carbocycles. The number of nitrogens with one attached hydrogen (secondary N) is 2. The number of aliphatic hydroxyl groups excluding tert-OH is 1. The van der Waals surface area contributed by atoms with E-state index in [1.807, 2.05) is 18.2 Å². The third-order valence-corrected chi connectivity index (χ3v) is 7.84. The van der Waals surface area contributed by atoms with E-state index in [4.69, 9.17) is 5.41 Å². The predicted octanol–water partition coefficient (Wildman–Crippen LogP) is 6.57. The number of amides is 1. The lowest BCUT2D eigenvalue weighted by Crippen LogP contribution is -2.27. The predicted molar refractivity (Wildman–Crippen MR) is 160 cm³/mol. The zero-order valence-corrected chi connectivity index (χ0v) is 23.3. The van der Waals surface area contributed by atoms with Gasteiger partial charge in [0.1, 0.15) is 5.82 Å². The van der Waals surface area contributed by atoms with Crippen molar-refractivity contribution in [1.82, 2.24) is 0 Å². The molecule has 0 aromatic heterocycles. The fourth-order valence-electron chi connectivity index (χ4n) is 5.61. The largest absolute Gasteiger partial charge is 0.466 e. The second-order valence-corrected chi connectivity index (χ2v) is 10.4. The van der Waals surface area contributed by atoms with Gasteiger partial charge in [0.15, 0.2) is 6.23 Å². The number of hydrogen-bond donors (Lipinski definition) is 3. The van der Waals surface area contributed by atoms with Crippen LogP contribution in [0, 0.1) is 23.1 Å². The molecule has 1 atom stereocenters. The van der Waals surface area contributed by atoms with Crippen molar-refractivity contribution in [3.05, 3.63) is 89.2 Å². The number of halogens is 1. The molecule has 0 heterocycles. The molecule has 7 nitrogen and oxygen atoms in total. The van der Waals surface area contributed by atoms with E-state index in [1.165, 1.54) is 43.4 Å². The van der Waals surface area contributed by atoms with Crippen LogP contribution in [-0.2, 0) is 14.3 Å². The first kappa shape index (κ1) is 29.7. The summed E-state index contributed by atoms with van der Waals surface area (Å²) in [6.07, 6.45) is 10.6. The van der Waals surface area contributed by atoms with E-state index in [-0.39, 0.29) is 5.69 Å². The van der Waals surface area contributed by atoms with E-state index in [1.54, 1.807) is 63.4 Å². The van der Waals surface area contributed by atoms with Gasteiger partial charge >= 0.3 is 5.97 Å². The maximum atomic E-state index is 14.2. The average molecular weight is 558 g/mol. The molecule has 5 rings (SSSR count). The Kier molecular flexibility index (Phi) is 10.0. The first-order valence-corrected chi connectivity index (χ1v) is 13.8. The zero-order chi connectivity index (χ0) is 29.4. The minimum absolute atomic E-state index is 0.120. The highest BCUT2D eigenvalue weighted by molar-refractivity contribution is 5.89. The second kappa shape index (κ2) is 13.9. The zero-order valence-electron chi connectivity index (χ0n) is 23.3. The van der Waals surface area contributed by atoms with E-state index < -0.39 is 18.0 Å². The quantitative estimate of drug-likeness (QED) is 0.0908. The molecule has 0 saturated heterocycles. The molecule has 3 N–H and O–H groups in total. The van der Waals surface area contributed by atoms with Gasteiger partial charge in [0, 0.05) is 41.8 Å². The highest BCUT2D eigenvalue weighted by Crippen LogP contribution is 2.43. The number of aliphatic hydroxyl groups is 1. The van der Waals surface area contributed by atoms with Crippen molar-refractivity contribution >= 4 is 36.0 Å². The maximum absolute atomic E-state index is 14.2. The van der Waals surface area contributed by atoms with Crippen LogP contribution in [0.1, 0.15) is 55.0 Å². The van der Waals surface area contributed by atoms with Crippen LogP contribution in [0.2, 0.25) is 0 Å². The number of esters is 1. The van der Waals surface area contributed by atoms with Crippen molar-refractivity contribution in [2.24, 2.45) is 11.8 Å². The Morgan fingerprint density at radius 2 is 1.71 bits per heavy atom. The Morgan fingerprint density at radius 1 is 1.05 bits per heavy atom. The van der Waals surface area contributed by atoms with Gasteiger partial charge in [-0.25, -0.2) is 9.18 Å². The summed E-state index contributed by atoms with van der Waals surface area (Å²) >= 11 is 0. The molecular weight excluding hydrogens is 521 g/mol. The Morgan fingerprint density at radius 3 is 2.24 bits per heavy atom. The van der Waals surface area contributed by atoms with Gasteiger partial charge in [0.2, 0.25) is 6.41 Å². The molecule has 0 radical (unpaired) electrons. The molecule has 214 valence electrons. The standard InChI is InChI=1S/C26H24FN3O4.C7H12/c1-29-24-9-8-20(13-21(24)15-28)18-4-6-19(7-5-18)26(33)30(16-31)23-12-17(11-22(27)14-23)3-10-25(32)34-2;1-2-7-4-3-6(1)5-7/h3-16,26,28-29,33H,1-2H3;6-7H,1-5H2/b10-3+,28-15?;. The number of carbonyl (C=O) groups is 2. The lowest BCUT2D eigenvalue weighted by Gasteiger charge is -2.25. The van der Waals surface area contributed by atoms with E-state index in [9.17, 15) is 19.1 Å². The van der Waals surface area contributed by atoms with Crippen LogP contribution >= 0.6 is 0 Å². The SMILES string of the molecule is C1CC2CCC1C2.CNc1ccc(-c2ccc(C(O)N(C=O)c3cc(F)cc(/C=C/C(=O)OC)c3)cc2)cc1C=N. The molecule has 2 saturated carbocycles. The molecule has 2 aliphatic rings. The van der Waals surface area contributed by atoms with Crippen LogP contribution in [0.25, 0.3) is 17.2 Å². The van der Waals surface area contributed by atoms with E-state index in [0.717, 1.165) is 39.4 Å². The van der Waals surface area contributed by atoms with Crippen molar-refractivity contribution in [3.8, 4) is 11.1 Å². The molecule has 3 aromatic rings. The molecule has 2 fully saturated rings. The van der Waals surface area contributed by atoms with Crippen LogP contribution in [0.4, 0.5) is 15.8 Å². The summed E-state index contributed by atoms with van der Waals surface area (Å²) in [4.78, 5) is 24.1. The Balaban J connectivity index is 0.000000473. The van der Waals surface area contributed by atoms with E-state index >= 15 is 0 Å². The molecule has 2 bridgehead atoms. The smallest absolute Gasteiger partial charge is 0.330 e. The van der Waals surface area contributed by atoms with Gasteiger partial charge in [0.25, 0.3) is 0 Å². The summed E-state index contributed by atoms with van der Waals surface area (Å²) in [5, 5.41) is 21.4. The van der Waals surface area contributed by atoms with Crippen LogP contribution in [-0.4, -0.2) is 37.9 Å². The molecule has 41 heavy (non-hydrogen) atoms. The summed E-state index contributed by atoms with van der Waals surface area (Å²) in [6, 6.07) is 16.4. The summed E-state index contributed by atoms with van der Waals surface area (Å²) in [5.74, 6) is 1.10. The van der Waals surface area contributed by atoms with Crippen LogP contribution in [0.3, 0.4) is 0 Å². The third-order valence-electron chi connectivity index (χ3n) is 7.84. The van der Waals surface area contributed by atoms with Crippen molar-refractivity contribution in [3.63, 3.8) is 0 Å². The number of hydrogen-bond acceptors (Lipinski definition) is 6. The topological polar surface area (TPSA) is 103 Å². The fraction of sp³-hybridized carbons (Fsp3) is 0.303. The van der Waals surface area contributed by atoms with Crippen LogP contribution in [0.5, 0.6) is 0 Å². The molecule has 0 spiro atoms. The van der Waals surface area contributed by atoms with Crippen molar-refractivity contribution in [2.75, 3.05) is 24.4 Å². The second-order valence-electron chi connectivity index (χ2n) is 10.4. The molecule has 8 heteroatoms. The third kappa shape index (κ3) is 7.46. The van der Waals surface area contributed by atoms with Crippen LogP contribution < -0.4 is 10.2 Å². The molecule has 1 amide bonds. The number of anilines is 2. The number of ether oxygens (including phenoxy) is 1. The molecule has 1 unspecified atom stereocenters. The Hall–Kier alpha value is -4.30. The van der Waals surface area contributed by atoms with Crippen molar-refractivity contribution < 1.29 is 23.8 Å². The number of rotatable bonds is 9. The van der Waals surface area contributed by atoms with Crippen molar-refractivity contribution in [2.45, 2.75) is 38.3 Å². The minimum Gasteiger partial charge on any atom is -0.466 e. The number of methoxy groups -OCH3 is 1. The highest BCUT2D eigenvalue weighted by Gasteiger charge is 2.30. The summed E-state index contributed by atoms with van der Waals surface area (Å²) in [7, 11) is 3.01. The number of nitrogens with zero attached hydrogens (tertiary/aromatic N) is 1. The monoisotopic (exact) mass is 557 g/mol. The molecular formula is C33H36FN3O4. The van der Waals surface area contributed by atoms with Gasteiger partial charge in [-0.3, -0.25) is 9.69 Å². The average Bonchev–Trinajstić information content (AvgIpc) is 3.67. The lowest BCUT2D eigenvalue weighted by molar-refractivity contribution is -0.134. The summed E-state index contributed by atoms with van der Waals surface area (Å²) in [6.45, 7) is 0. The van der Waals surface area contributed by atoms with Gasteiger partial charge < -0.3 is 20.6 Å². The van der Waals surface area contributed by atoms with Gasteiger partial charge in [0.05, 0.1) is 7.11 Å². The maximum Gasteiger partial charge on any atom is 0.330 e. The lowest BCUT2D eigenvalue weighted by atomic mass is 10.0. The molecule has 2 aliphatic carbocycles. The summed E-state index contributed by atoms with van der Waals surface area (Å²) < 4.78 is 18.7. The van der Waals surface area contributed by atoms with Gasteiger partial charge in [-0.1, -0.05) is 56.0 Å². The summed E-state index contributed by atoms with van der Waals surface area (Å²) in [5.41, 5.74) is 4.18. The fourth-order valence-corrected chi connectivity index (χ4v) is 5.61. The minimum atomic E-state index is -1.37. The Labute approximate surface area is 240 Å². The van der Waals surface area contributed by atoms with Gasteiger partial charge in [-0.2, -0.15) is 0 Å². The first-order valence-electron chi connectivity index (χ1n) is 13.8. The number of carbonyl (C=O) groups excluding carboxylic acids is 2. The number of fused-ring (bicyclic) bond motifs is 2.